The van der Waals surface area contributed by atoms with E-state index in [9.17, 15) is 31.1 Å². The zero-order valence-electron chi connectivity index (χ0n) is 9.39. The van der Waals surface area contributed by atoms with Gasteiger partial charge < -0.3 is 4.74 Å². The molecule has 0 aliphatic heterocycles. The highest BCUT2D eigenvalue weighted by Crippen LogP contribution is 2.38. The van der Waals surface area contributed by atoms with Crippen LogP contribution in [0.1, 0.15) is 23.2 Å². The largest absolute Gasteiger partial charge is 0.469 e. The number of hydrogen-bond acceptors (Lipinski definition) is 3. The minimum Gasteiger partial charge on any atom is -0.469 e. The number of nitrogens with zero attached hydrogens (tertiary/aromatic N) is 1. The second-order valence-electron chi connectivity index (χ2n) is 3.41. The van der Waals surface area contributed by atoms with Crippen molar-refractivity contribution in [3.8, 4) is 0 Å². The van der Waals surface area contributed by atoms with E-state index < -0.39 is 47.8 Å². The predicted molar refractivity (Wildman–Crippen MR) is 49.9 cm³/mol. The molecule has 0 N–H and O–H groups in total. The number of methoxy groups -OCH3 is 1. The van der Waals surface area contributed by atoms with Crippen molar-refractivity contribution in [1.29, 1.82) is 0 Å². The van der Waals surface area contributed by atoms with Crippen LogP contribution in [0.5, 0.6) is 0 Å². The minimum absolute atomic E-state index is 0.00569. The summed E-state index contributed by atoms with van der Waals surface area (Å²) in [5.74, 6) is -2.67. The van der Waals surface area contributed by atoms with Gasteiger partial charge in [-0.3, -0.25) is 4.79 Å². The highest BCUT2D eigenvalue weighted by Gasteiger charge is 2.40. The molecule has 0 amide bonds. The Hall–Kier alpha value is -1.80. The molecule has 106 valence electrons. The van der Waals surface area contributed by atoms with Gasteiger partial charge in [0.25, 0.3) is 6.43 Å². The van der Waals surface area contributed by atoms with Crippen molar-refractivity contribution in [2.75, 3.05) is 7.11 Å². The second-order valence-corrected chi connectivity index (χ2v) is 3.41. The quantitative estimate of drug-likeness (QED) is 0.487. The van der Waals surface area contributed by atoms with Gasteiger partial charge in [-0.2, -0.15) is 17.6 Å². The first-order valence-corrected chi connectivity index (χ1v) is 4.78. The van der Waals surface area contributed by atoms with Gasteiger partial charge in [-0.25, -0.2) is 13.8 Å². The van der Waals surface area contributed by atoms with Gasteiger partial charge in [0, 0.05) is 11.6 Å². The van der Waals surface area contributed by atoms with Crippen LogP contribution in [-0.4, -0.2) is 18.1 Å². The van der Waals surface area contributed by atoms with Crippen molar-refractivity contribution in [2.45, 2.75) is 19.0 Å². The highest BCUT2D eigenvalue weighted by molar-refractivity contribution is 5.72. The molecule has 3 nitrogen and oxygen atoms in total. The number of hydrogen-bond donors (Lipinski definition) is 0. The number of aromatic nitrogens is 1. The molecule has 0 fully saturated rings. The van der Waals surface area contributed by atoms with Gasteiger partial charge >= 0.3 is 12.1 Å². The van der Waals surface area contributed by atoms with Crippen LogP contribution in [0.4, 0.5) is 26.3 Å². The standard InChI is InChI=1S/C10H7F6NO2/c1-19-7(18)3-5-8(10(14,15)16)4(9(12)13)2-6(11)17-5/h2,9H,3H2,1H3. The first kappa shape index (κ1) is 15.3. The molecular weight excluding hydrogens is 280 g/mol. The Kier molecular flexibility index (Phi) is 4.38. The van der Waals surface area contributed by atoms with E-state index in [1.807, 2.05) is 0 Å². The molecular formula is C10H7F6NO2. The SMILES string of the molecule is COC(=O)Cc1nc(F)cc(C(F)F)c1C(F)(F)F. The third-order valence-corrected chi connectivity index (χ3v) is 2.15. The average molecular weight is 287 g/mol. The fourth-order valence-corrected chi connectivity index (χ4v) is 1.42. The Labute approximate surface area is 103 Å². The lowest BCUT2D eigenvalue weighted by Crippen LogP contribution is -2.19. The molecule has 1 heterocycles. The van der Waals surface area contributed by atoms with E-state index in [2.05, 4.69) is 9.72 Å². The monoisotopic (exact) mass is 287 g/mol. The van der Waals surface area contributed by atoms with Crippen LogP contribution in [0.25, 0.3) is 0 Å². The summed E-state index contributed by atoms with van der Waals surface area (Å²) in [4.78, 5) is 13.8. The van der Waals surface area contributed by atoms with Crippen molar-refractivity contribution < 1.29 is 35.9 Å². The van der Waals surface area contributed by atoms with Crippen molar-refractivity contribution in [2.24, 2.45) is 0 Å². The Morgan fingerprint density at radius 2 is 2.00 bits per heavy atom. The van der Waals surface area contributed by atoms with Gasteiger partial charge in [0.15, 0.2) is 0 Å². The summed E-state index contributed by atoms with van der Waals surface area (Å²) < 4.78 is 80.2. The molecule has 0 radical (unpaired) electrons. The van der Waals surface area contributed by atoms with E-state index in [1.165, 1.54) is 0 Å². The summed E-state index contributed by atoms with van der Waals surface area (Å²) in [6.07, 6.45) is -9.79. The summed E-state index contributed by atoms with van der Waals surface area (Å²) in [5, 5.41) is 0. The molecule has 1 aromatic heterocycles. The van der Waals surface area contributed by atoms with E-state index >= 15 is 0 Å². The molecule has 0 aromatic carbocycles. The lowest BCUT2D eigenvalue weighted by molar-refractivity contribution is -0.142. The van der Waals surface area contributed by atoms with Crippen LogP contribution >= 0.6 is 0 Å². The van der Waals surface area contributed by atoms with Gasteiger partial charge in [0.2, 0.25) is 5.95 Å². The molecule has 0 unspecified atom stereocenters. The molecule has 0 bridgehead atoms. The minimum atomic E-state index is -5.18. The van der Waals surface area contributed by atoms with Gasteiger partial charge in [-0.05, 0) is 0 Å². The Morgan fingerprint density at radius 1 is 1.42 bits per heavy atom. The number of carbonyl (C=O) groups is 1. The van der Waals surface area contributed by atoms with Crippen molar-refractivity contribution in [1.82, 2.24) is 4.98 Å². The number of rotatable bonds is 3. The van der Waals surface area contributed by atoms with E-state index in [4.69, 9.17) is 0 Å². The van der Waals surface area contributed by atoms with E-state index in [-0.39, 0.29) is 6.07 Å². The predicted octanol–water partition coefficient (Wildman–Crippen LogP) is 2.89. The van der Waals surface area contributed by atoms with Crippen LogP contribution in [-0.2, 0) is 22.1 Å². The van der Waals surface area contributed by atoms with Gasteiger partial charge in [-0.1, -0.05) is 0 Å². The zero-order chi connectivity index (χ0) is 14.8. The van der Waals surface area contributed by atoms with Gasteiger partial charge in [-0.15, -0.1) is 0 Å². The molecule has 0 atom stereocenters. The van der Waals surface area contributed by atoms with Gasteiger partial charge in [0.1, 0.15) is 0 Å². The Bertz CT molecular complexity index is 486. The molecule has 0 saturated carbocycles. The summed E-state index contributed by atoms with van der Waals surface area (Å²) in [6.45, 7) is 0. The maximum Gasteiger partial charge on any atom is 0.418 e. The van der Waals surface area contributed by atoms with Crippen molar-refractivity contribution >= 4 is 5.97 Å². The highest BCUT2D eigenvalue weighted by atomic mass is 19.4. The first-order valence-electron chi connectivity index (χ1n) is 4.78. The van der Waals surface area contributed by atoms with Crippen LogP contribution in [0.3, 0.4) is 0 Å². The number of carbonyl (C=O) groups excluding carboxylic acids is 1. The molecule has 1 aromatic rings. The lowest BCUT2D eigenvalue weighted by Gasteiger charge is -2.16. The third kappa shape index (κ3) is 3.58. The number of alkyl halides is 5. The number of halogens is 6. The lowest BCUT2D eigenvalue weighted by atomic mass is 10.0. The molecule has 1 rings (SSSR count). The average Bonchev–Trinajstić information content (AvgIpc) is 2.25. The van der Waals surface area contributed by atoms with E-state index in [0.29, 0.717) is 0 Å². The maximum absolute atomic E-state index is 12.9. The fourth-order valence-electron chi connectivity index (χ4n) is 1.42. The normalized spacial score (nSPS) is 11.8. The van der Waals surface area contributed by atoms with Crippen LogP contribution in [0.2, 0.25) is 0 Å². The van der Waals surface area contributed by atoms with Crippen LogP contribution < -0.4 is 0 Å². The molecule has 19 heavy (non-hydrogen) atoms. The summed E-state index contributed by atoms with van der Waals surface area (Å²) >= 11 is 0. The molecule has 0 aliphatic rings. The summed E-state index contributed by atoms with van der Waals surface area (Å²) in [5.41, 5.74) is -4.50. The topological polar surface area (TPSA) is 39.2 Å². The van der Waals surface area contributed by atoms with E-state index in [1.54, 1.807) is 0 Å². The molecule has 0 spiro atoms. The smallest absolute Gasteiger partial charge is 0.418 e. The van der Waals surface area contributed by atoms with Crippen molar-refractivity contribution in [3.63, 3.8) is 0 Å². The zero-order valence-corrected chi connectivity index (χ0v) is 9.39. The third-order valence-electron chi connectivity index (χ3n) is 2.15. The molecule has 0 saturated heterocycles. The molecule has 0 aliphatic carbocycles. The van der Waals surface area contributed by atoms with Crippen LogP contribution in [0, 0.1) is 5.95 Å². The van der Waals surface area contributed by atoms with Gasteiger partial charge in [0.05, 0.1) is 24.8 Å². The first-order chi connectivity index (χ1) is 8.66. The second kappa shape index (κ2) is 5.45. The Balaban J connectivity index is 3.47. The van der Waals surface area contributed by atoms with E-state index in [0.717, 1.165) is 7.11 Å². The summed E-state index contributed by atoms with van der Waals surface area (Å²) in [6, 6.07) is -0.00569. The molecule has 9 heteroatoms. The van der Waals surface area contributed by atoms with Crippen LogP contribution in [0.15, 0.2) is 6.07 Å². The number of pyridine rings is 1. The number of ether oxygens (including phenoxy) is 1. The summed E-state index contributed by atoms with van der Waals surface area (Å²) in [7, 11) is 0.892. The van der Waals surface area contributed by atoms with Crippen molar-refractivity contribution in [3.05, 3.63) is 28.8 Å². The maximum atomic E-state index is 12.9. The Morgan fingerprint density at radius 3 is 2.42 bits per heavy atom. The fraction of sp³-hybridized carbons (Fsp3) is 0.400. The number of esters is 1.